The van der Waals surface area contributed by atoms with Crippen LogP contribution in [0.5, 0.6) is 0 Å². The quantitative estimate of drug-likeness (QED) is 0.484. The number of nitrogens with one attached hydrogen (secondary N) is 1. The van der Waals surface area contributed by atoms with Gasteiger partial charge >= 0.3 is 6.09 Å². The number of hydrogen-bond acceptors (Lipinski definition) is 7. The van der Waals surface area contributed by atoms with Crippen LogP contribution in [0.4, 0.5) is 4.79 Å². The zero-order valence-corrected chi connectivity index (χ0v) is 19.3. The lowest BCUT2D eigenvalue weighted by Gasteiger charge is -2.33. The van der Waals surface area contributed by atoms with Crippen LogP contribution in [0.1, 0.15) is 59.9 Å². The third-order valence-electron chi connectivity index (χ3n) is 5.73. The molecule has 3 aliphatic heterocycles. The maximum Gasteiger partial charge on any atom is 0.410 e. The van der Waals surface area contributed by atoms with E-state index in [4.69, 9.17) is 4.74 Å². The first-order chi connectivity index (χ1) is 16.0. The summed E-state index contributed by atoms with van der Waals surface area (Å²) >= 11 is 0. The first-order valence-corrected chi connectivity index (χ1v) is 11.1. The average Bonchev–Trinajstić information content (AvgIpc) is 3.01. The molecule has 34 heavy (non-hydrogen) atoms. The Kier molecular flexibility index (Phi) is 6.04. The molecule has 3 aliphatic rings. The highest BCUT2D eigenvalue weighted by atomic mass is 16.6. The molecule has 4 rings (SSSR count). The van der Waals surface area contributed by atoms with E-state index in [1.54, 1.807) is 17.0 Å². The first kappa shape index (κ1) is 23.3. The van der Waals surface area contributed by atoms with Gasteiger partial charge < -0.3 is 14.5 Å². The molecule has 1 unspecified atom stereocenters. The molecule has 1 N–H and O–H groups in total. The van der Waals surface area contributed by atoms with Crippen molar-refractivity contribution in [3.05, 3.63) is 34.9 Å². The number of fused-ring (bicyclic) bond motifs is 1. The van der Waals surface area contributed by atoms with Gasteiger partial charge in [0.05, 0.1) is 11.1 Å². The second-order valence-electron chi connectivity index (χ2n) is 9.40. The maximum atomic E-state index is 12.9. The molecule has 0 saturated carbocycles. The Labute approximate surface area is 197 Å². The lowest BCUT2D eigenvalue weighted by Crippen LogP contribution is -2.54. The molecule has 0 aromatic heterocycles. The van der Waals surface area contributed by atoms with E-state index in [0.29, 0.717) is 31.7 Å². The molecule has 0 bridgehead atoms. The monoisotopic (exact) mass is 466 g/mol. The van der Waals surface area contributed by atoms with Gasteiger partial charge in [0, 0.05) is 44.2 Å². The van der Waals surface area contributed by atoms with E-state index >= 15 is 0 Å². The van der Waals surface area contributed by atoms with Crippen LogP contribution in [0, 0.1) is 12.0 Å². The average molecular weight is 466 g/mol. The van der Waals surface area contributed by atoms with Crippen molar-refractivity contribution in [2.75, 3.05) is 26.2 Å². The molecule has 0 radical (unpaired) electrons. The van der Waals surface area contributed by atoms with E-state index < -0.39 is 35.3 Å². The number of imide groups is 2. The van der Waals surface area contributed by atoms with Crippen LogP contribution in [0.25, 0.3) is 0 Å². The standard InChI is InChI=1S/C24H26N4O6/c1-24(2,3)34-23(33)27-12-10-26(11-13-27)9-8-15-4-5-16-17(14-15)22(32)28(21(16)31)18-6-7-19(29)25-20(18)30/h4-5,14,18H,6-7,10-13H2,1-3H3,(H,25,29,30). The molecule has 10 nitrogen and oxygen atoms in total. The molecule has 0 aliphatic carbocycles. The molecule has 1 aromatic rings. The summed E-state index contributed by atoms with van der Waals surface area (Å²) in [6.45, 7) is 7.56. The third kappa shape index (κ3) is 4.73. The Bertz CT molecular complexity index is 1130. The minimum absolute atomic E-state index is 0.0712. The number of benzene rings is 1. The van der Waals surface area contributed by atoms with Crippen LogP contribution in [-0.2, 0) is 14.3 Å². The number of piperidine rings is 1. The Morgan fingerprint density at radius 1 is 1.03 bits per heavy atom. The summed E-state index contributed by atoms with van der Waals surface area (Å²) in [7, 11) is 0. The van der Waals surface area contributed by atoms with Crippen LogP contribution in [-0.4, -0.2) is 82.2 Å². The lowest BCUT2D eigenvalue weighted by atomic mass is 10.0. The van der Waals surface area contributed by atoms with Gasteiger partial charge in [-0.25, -0.2) is 4.79 Å². The Hall–Kier alpha value is -3.87. The minimum Gasteiger partial charge on any atom is -0.444 e. The van der Waals surface area contributed by atoms with Gasteiger partial charge in [-0.3, -0.25) is 29.4 Å². The lowest BCUT2D eigenvalue weighted by molar-refractivity contribution is -0.136. The predicted octanol–water partition coefficient (Wildman–Crippen LogP) is 0.950. The molecule has 1 atom stereocenters. The second kappa shape index (κ2) is 8.82. The molecular weight excluding hydrogens is 440 g/mol. The number of nitrogens with zero attached hydrogens (tertiary/aromatic N) is 3. The van der Waals surface area contributed by atoms with Gasteiger partial charge in [0.1, 0.15) is 11.6 Å². The number of hydrogen-bond donors (Lipinski definition) is 1. The second-order valence-corrected chi connectivity index (χ2v) is 9.40. The zero-order chi connectivity index (χ0) is 24.6. The number of ether oxygens (including phenoxy) is 1. The van der Waals surface area contributed by atoms with E-state index in [2.05, 4.69) is 17.3 Å². The fourth-order valence-corrected chi connectivity index (χ4v) is 4.02. The van der Waals surface area contributed by atoms with Gasteiger partial charge in [-0.2, -0.15) is 0 Å². The zero-order valence-electron chi connectivity index (χ0n) is 19.3. The van der Waals surface area contributed by atoms with Crippen LogP contribution >= 0.6 is 0 Å². The molecule has 1 aromatic carbocycles. The predicted molar refractivity (Wildman–Crippen MR) is 119 cm³/mol. The summed E-state index contributed by atoms with van der Waals surface area (Å²) in [5, 5.41) is 2.18. The van der Waals surface area contributed by atoms with Crippen LogP contribution < -0.4 is 5.32 Å². The fraction of sp³-hybridized carbons (Fsp3) is 0.458. The third-order valence-corrected chi connectivity index (χ3v) is 5.73. The summed E-state index contributed by atoms with van der Waals surface area (Å²) in [6.07, 6.45) is -0.165. The van der Waals surface area contributed by atoms with Gasteiger partial charge in [0.15, 0.2) is 0 Å². The molecule has 2 saturated heterocycles. The summed E-state index contributed by atoms with van der Waals surface area (Å²) in [5.41, 5.74) is 0.413. The van der Waals surface area contributed by atoms with E-state index in [0.717, 1.165) is 4.90 Å². The number of rotatable bonds is 1. The first-order valence-electron chi connectivity index (χ1n) is 11.1. The molecule has 178 valence electrons. The van der Waals surface area contributed by atoms with Gasteiger partial charge in [-0.05, 0) is 51.3 Å². The van der Waals surface area contributed by atoms with E-state index in [9.17, 15) is 24.0 Å². The van der Waals surface area contributed by atoms with Crippen molar-refractivity contribution in [3.8, 4) is 12.0 Å². The van der Waals surface area contributed by atoms with Crippen molar-refractivity contribution in [3.63, 3.8) is 0 Å². The van der Waals surface area contributed by atoms with Crippen molar-refractivity contribution < 1.29 is 28.7 Å². The molecule has 2 fully saturated rings. The largest absolute Gasteiger partial charge is 0.444 e. The number of amides is 5. The van der Waals surface area contributed by atoms with Gasteiger partial charge in [0.25, 0.3) is 11.8 Å². The van der Waals surface area contributed by atoms with Crippen LogP contribution in [0.2, 0.25) is 0 Å². The van der Waals surface area contributed by atoms with E-state index in [1.807, 2.05) is 25.7 Å². The molecule has 5 amide bonds. The van der Waals surface area contributed by atoms with E-state index in [-0.39, 0.29) is 30.1 Å². The SMILES string of the molecule is CC(C)(C)OC(=O)N1CCN(C#Cc2ccc3c(c2)C(=O)N(C2CCC(=O)NC2=O)C3=O)CC1. The normalized spacial score (nSPS) is 20.6. The fourth-order valence-electron chi connectivity index (χ4n) is 4.02. The van der Waals surface area contributed by atoms with Gasteiger partial charge in [0.2, 0.25) is 11.8 Å². The number of carbonyl (C=O) groups excluding carboxylic acids is 5. The maximum absolute atomic E-state index is 12.9. The minimum atomic E-state index is -0.999. The smallest absolute Gasteiger partial charge is 0.410 e. The van der Waals surface area contributed by atoms with Gasteiger partial charge in [-0.15, -0.1) is 0 Å². The highest BCUT2D eigenvalue weighted by Crippen LogP contribution is 2.28. The van der Waals surface area contributed by atoms with Crippen LogP contribution in [0.3, 0.4) is 0 Å². The highest BCUT2D eigenvalue weighted by Gasteiger charge is 2.44. The summed E-state index contributed by atoms with van der Waals surface area (Å²) in [5.74, 6) is 0.835. The Morgan fingerprint density at radius 3 is 2.35 bits per heavy atom. The molecule has 10 heteroatoms. The van der Waals surface area contributed by atoms with Crippen molar-refractivity contribution in [1.29, 1.82) is 0 Å². The summed E-state index contributed by atoms with van der Waals surface area (Å²) in [6, 6.07) is 6.78. The van der Waals surface area contributed by atoms with Crippen molar-refractivity contribution in [2.24, 2.45) is 0 Å². The van der Waals surface area contributed by atoms with E-state index in [1.165, 1.54) is 6.07 Å². The molecule has 3 heterocycles. The Balaban J connectivity index is 1.41. The summed E-state index contributed by atoms with van der Waals surface area (Å²) < 4.78 is 5.39. The molecule has 0 spiro atoms. The van der Waals surface area contributed by atoms with Crippen molar-refractivity contribution in [2.45, 2.75) is 45.3 Å². The summed E-state index contributed by atoms with van der Waals surface area (Å²) in [4.78, 5) is 65.9. The topological polar surface area (TPSA) is 116 Å². The van der Waals surface area contributed by atoms with Crippen molar-refractivity contribution >= 4 is 29.7 Å². The number of carbonyl (C=O) groups is 5. The molecular formula is C24H26N4O6. The van der Waals surface area contributed by atoms with Gasteiger partial charge in [-0.1, -0.05) is 0 Å². The Morgan fingerprint density at radius 2 is 1.71 bits per heavy atom. The van der Waals surface area contributed by atoms with Crippen LogP contribution in [0.15, 0.2) is 18.2 Å². The number of piperazine rings is 1. The van der Waals surface area contributed by atoms with Crippen molar-refractivity contribution in [1.82, 2.24) is 20.0 Å². The highest BCUT2D eigenvalue weighted by molar-refractivity contribution is 6.23.